The summed E-state index contributed by atoms with van der Waals surface area (Å²) in [5.74, 6) is -1.72. The van der Waals surface area contributed by atoms with Crippen LogP contribution in [0.3, 0.4) is 0 Å². The molecule has 170 valence electrons. The Bertz CT molecular complexity index is 625. The van der Waals surface area contributed by atoms with Gasteiger partial charge in [0.1, 0.15) is 5.75 Å². The maximum atomic E-state index is 12.7. The minimum Gasteiger partial charge on any atom is -0.497 e. The molecular formula is C24H38O6. The molecular weight excluding hydrogens is 384 g/mol. The Morgan fingerprint density at radius 3 is 2.17 bits per heavy atom. The number of hydrogen-bond acceptors (Lipinski definition) is 5. The van der Waals surface area contributed by atoms with Crippen molar-refractivity contribution in [3.63, 3.8) is 0 Å². The van der Waals surface area contributed by atoms with Gasteiger partial charge >= 0.3 is 11.9 Å². The Balaban J connectivity index is 2.75. The molecule has 0 aromatic heterocycles. The minimum absolute atomic E-state index is 0.300. The maximum Gasteiger partial charge on any atom is 0.345 e. The van der Waals surface area contributed by atoms with E-state index in [1.165, 1.54) is 12.8 Å². The van der Waals surface area contributed by atoms with Gasteiger partial charge in [-0.1, -0.05) is 65.0 Å². The van der Waals surface area contributed by atoms with E-state index in [0.29, 0.717) is 6.61 Å². The van der Waals surface area contributed by atoms with Gasteiger partial charge in [-0.25, -0.2) is 4.79 Å². The molecule has 1 aromatic rings. The van der Waals surface area contributed by atoms with E-state index in [-0.39, 0.29) is 12.0 Å². The molecule has 30 heavy (non-hydrogen) atoms. The van der Waals surface area contributed by atoms with Crippen LogP contribution in [-0.4, -0.2) is 36.4 Å². The molecule has 6 heteroatoms. The zero-order chi connectivity index (χ0) is 22.5. The van der Waals surface area contributed by atoms with Crippen molar-refractivity contribution in [1.29, 1.82) is 0 Å². The van der Waals surface area contributed by atoms with Crippen LogP contribution in [0.4, 0.5) is 0 Å². The lowest BCUT2D eigenvalue weighted by atomic mass is 9.97. The van der Waals surface area contributed by atoms with E-state index in [4.69, 9.17) is 14.2 Å². The summed E-state index contributed by atoms with van der Waals surface area (Å²) in [6.07, 6.45) is 4.83. The molecule has 0 aliphatic carbocycles. The van der Waals surface area contributed by atoms with Gasteiger partial charge in [-0.2, -0.15) is 0 Å². The number of carbonyl (C=O) groups is 2. The first-order chi connectivity index (χ1) is 14.3. The summed E-state index contributed by atoms with van der Waals surface area (Å²) in [5, 5.41) is 9.31. The Morgan fingerprint density at radius 2 is 1.63 bits per heavy atom. The van der Waals surface area contributed by atoms with Crippen molar-refractivity contribution < 1.29 is 28.9 Å². The van der Waals surface area contributed by atoms with Crippen molar-refractivity contribution in [2.45, 2.75) is 85.0 Å². The molecule has 0 aliphatic heterocycles. The predicted molar refractivity (Wildman–Crippen MR) is 116 cm³/mol. The van der Waals surface area contributed by atoms with Crippen molar-refractivity contribution in [2.75, 3.05) is 7.11 Å². The number of carbonyl (C=O) groups excluding carboxylic acids is 1. The van der Waals surface area contributed by atoms with Gasteiger partial charge in [0.05, 0.1) is 25.7 Å². The van der Waals surface area contributed by atoms with Crippen LogP contribution in [0.5, 0.6) is 5.75 Å². The van der Waals surface area contributed by atoms with Crippen LogP contribution in [0.1, 0.15) is 71.8 Å². The molecule has 0 saturated carbocycles. The monoisotopic (exact) mass is 422 g/mol. The third-order valence-electron chi connectivity index (χ3n) is 5.24. The van der Waals surface area contributed by atoms with Crippen LogP contribution in [-0.2, 0) is 25.7 Å². The van der Waals surface area contributed by atoms with Gasteiger partial charge in [-0.05, 0) is 31.0 Å². The lowest BCUT2D eigenvalue weighted by molar-refractivity contribution is -0.173. The number of carboxylic acid groups (broad SMARTS) is 1. The predicted octanol–water partition coefficient (Wildman–Crippen LogP) is 5.23. The number of ether oxygens (including phenoxy) is 3. The first-order valence-corrected chi connectivity index (χ1v) is 11.0. The van der Waals surface area contributed by atoms with Crippen molar-refractivity contribution in [2.24, 2.45) is 11.8 Å². The molecule has 0 spiro atoms. The minimum atomic E-state index is -1.15. The second-order valence-electron chi connectivity index (χ2n) is 8.13. The number of benzene rings is 1. The lowest BCUT2D eigenvalue weighted by Crippen LogP contribution is -2.37. The second-order valence-corrected chi connectivity index (χ2v) is 8.13. The molecule has 0 aliphatic rings. The summed E-state index contributed by atoms with van der Waals surface area (Å²) in [5.41, 5.74) is 0.984. The summed E-state index contributed by atoms with van der Waals surface area (Å²) in [7, 11) is 1.62. The van der Waals surface area contributed by atoms with Crippen LogP contribution in [0.2, 0.25) is 0 Å². The summed E-state index contributed by atoms with van der Waals surface area (Å²) in [4.78, 5) is 24.0. The topological polar surface area (TPSA) is 82.1 Å². The van der Waals surface area contributed by atoms with Gasteiger partial charge in [-0.3, -0.25) is 4.79 Å². The van der Waals surface area contributed by atoms with Crippen LogP contribution < -0.4 is 4.74 Å². The zero-order valence-electron chi connectivity index (χ0n) is 19.1. The highest BCUT2D eigenvalue weighted by Crippen LogP contribution is 2.22. The molecule has 0 unspecified atom stereocenters. The first kappa shape index (κ1) is 26.0. The smallest absolute Gasteiger partial charge is 0.345 e. The first-order valence-electron chi connectivity index (χ1n) is 11.0. The van der Waals surface area contributed by atoms with Gasteiger partial charge in [-0.15, -0.1) is 0 Å². The number of carboxylic acids is 1. The highest BCUT2D eigenvalue weighted by Gasteiger charge is 2.32. The molecule has 0 radical (unpaired) electrons. The molecule has 3 atom stereocenters. The number of methoxy groups -OCH3 is 1. The molecule has 1 N–H and O–H groups in total. The largest absolute Gasteiger partial charge is 0.497 e. The van der Waals surface area contributed by atoms with E-state index in [1.54, 1.807) is 27.9 Å². The molecule has 0 bridgehead atoms. The van der Waals surface area contributed by atoms with Gasteiger partial charge in [0.2, 0.25) is 6.10 Å². The van der Waals surface area contributed by atoms with Gasteiger partial charge in [0.25, 0.3) is 0 Å². The van der Waals surface area contributed by atoms with Gasteiger partial charge < -0.3 is 19.3 Å². The van der Waals surface area contributed by atoms with Crippen molar-refractivity contribution in [3.05, 3.63) is 29.8 Å². The highest BCUT2D eigenvalue weighted by molar-refractivity contribution is 5.79. The Labute approximate surface area is 180 Å². The number of hydrogen-bond donors (Lipinski definition) is 1. The van der Waals surface area contributed by atoms with Crippen LogP contribution in [0.15, 0.2) is 24.3 Å². The van der Waals surface area contributed by atoms with Crippen molar-refractivity contribution >= 4 is 11.9 Å². The van der Waals surface area contributed by atoms with E-state index >= 15 is 0 Å². The zero-order valence-corrected chi connectivity index (χ0v) is 19.1. The number of esters is 1. The highest BCUT2D eigenvalue weighted by atomic mass is 16.6. The van der Waals surface area contributed by atoms with E-state index in [2.05, 4.69) is 6.92 Å². The van der Waals surface area contributed by atoms with Crippen molar-refractivity contribution in [1.82, 2.24) is 0 Å². The van der Waals surface area contributed by atoms with Crippen LogP contribution >= 0.6 is 0 Å². The number of aliphatic carboxylic acids is 1. The average molecular weight is 423 g/mol. The molecule has 0 amide bonds. The third-order valence-corrected chi connectivity index (χ3v) is 5.24. The fourth-order valence-electron chi connectivity index (χ4n) is 3.21. The molecule has 6 nitrogen and oxygen atoms in total. The van der Waals surface area contributed by atoms with Crippen LogP contribution in [0.25, 0.3) is 0 Å². The maximum absolute atomic E-state index is 12.7. The Morgan fingerprint density at radius 1 is 1.00 bits per heavy atom. The number of unbranched alkanes of at least 4 members (excludes halogenated alkanes) is 4. The molecule has 0 saturated heterocycles. The third kappa shape index (κ3) is 9.16. The Hall–Kier alpha value is -2.08. The van der Waals surface area contributed by atoms with Gasteiger partial charge in [0, 0.05) is 5.92 Å². The molecule has 1 rings (SSSR count). The summed E-state index contributed by atoms with van der Waals surface area (Å²) < 4.78 is 16.6. The van der Waals surface area contributed by atoms with E-state index in [0.717, 1.165) is 37.0 Å². The average Bonchev–Trinajstić information content (AvgIpc) is 2.73. The molecule has 0 fully saturated rings. The lowest BCUT2D eigenvalue weighted by Gasteiger charge is -2.26. The summed E-state index contributed by atoms with van der Waals surface area (Å²) in [6, 6.07) is 7.60. The fraction of sp³-hybridized carbons (Fsp3) is 0.667. The number of rotatable bonds is 15. The normalized spacial score (nSPS) is 14.2. The van der Waals surface area contributed by atoms with Crippen LogP contribution in [0, 0.1) is 11.8 Å². The van der Waals surface area contributed by atoms with E-state index in [1.807, 2.05) is 24.3 Å². The molecule has 0 heterocycles. The quantitative estimate of drug-likeness (QED) is 0.308. The summed E-state index contributed by atoms with van der Waals surface area (Å²) in [6.45, 7) is 7.75. The van der Waals surface area contributed by atoms with E-state index in [9.17, 15) is 14.7 Å². The van der Waals surface area contributed by atoms with E-state index < -0.39 is 24.0 Å². The molecule has 1 aromatic carbocycles. The van der Waals surface area contributed by atoms with Crippen molar-refractivity contribution in [3.8, 4) is 5.75 Å². The second kappa shape index (κ2) is 14.0. The van der Waals surface area contributed by atoms with Gasteiger partial charge in [0.15, 0.2) is 0 Å². The fourth-order valence-corrected chi connectivity index (χ4v) is 3.21. The Kier molecular flexibility index (Phi) is 12.1. The summed E-state index contributed by atoms with van der Waals surface area (Å²) >= 11 is 0. The standard InChI is InChI=1S/C24H38O6/c1-6-7-8-9-10-11-21(29-16-19-12-14-20(28-5)15-13-19)18(4)24(27)30-22(17(2)3)23(25)26/h12-15,17-18,21-22H,6-11,16H2,1-5H3,(H,25,26)/t18-,21+,22-/m0/s1. The SMILES string of the molecule is CCCCCCC[C@@H](OCc1ccc(OC)cc1)[C@H](C)C(=O)O[C@H](C(=O)O)C(C)C.